The van der Waals surface area contributed by atoms with Gasteiger partial charge in [0.05, 0.1) is 6.61 Å². The largest absolute Gasteiger partial charge is 0.546 e. The lowest BCUT2D eigenvalue weighted by molar-refractivity contribution is -0.831. The van der Waals surface area contributed by atoms with Gasteiger partial charge in [-0.1, -0.05) is 30.3 Å². The van der Waals surface area contributed by atoms with Crippen LogP contribution < -0.4 is 0 Å². The quantitative estimate of drug-likeness (QED) is 0.453. The van der Waals surface area contributed by atoms with Crippen LogP contribution in [0.3, 0.4) is 0 Å². The lowest BCUT2D eigenvalue weighted by Gasteiger charge is -2.32. The molecule has 8 heteroatoms. The van der Waals surface area contributed by atoms with E-state index in [9.17, 15) is 20.2 Å². The number of nitro groups is 2. The van der Waals surface area contributed by atoms with Gasteiger partial charge in [0, 0.05) is 13.1 Å². The Bertz CT molecular complexity index is 464. The fourth-order valence-electron chi connectivity index (χ4n) is 2.07. The van der Waals surface area contributed by atoms with Crippen molar-refractivity contribution in [2.75, 3.05) is 19.8 Å². The molecular formula is C11H13N3O5. The molecule has 1 heterocycles. The first-order chi connectivity index (χ1) is 9.07. The smallest absolute Gasteiger partial charge is 0.364 e. The average Bonchev–Trinajstić information content (AvgIpc) is 2.40. The summed E-state index contributed by atoms with van der Waals surface area (Å²) in [5.41, 5.74) is 0.789. The van der Waals surface area contributed by atoms with Gasteiger partial charge in [0.2, 0.25) is 6.61 Å². The van der Waals surface area contributed by atoms with Gasteiger partial charge in [-0.3, -0.25) is 20.2 Å². The topological polar surface area (TPSA) is 98.8 Å². The Morgan fingerprint density at radius 2 is 1.84 bits per heavy atom. The molecule has 0 bridgehead atoms. The van der Waals surface area contributed by atoms with Gasteiger partial charge in [-0.05, 0) is 5.56 Å². The fraction of sp³-hybridized carbons (Fsp3) is 0.455. The van der Waals surface area contributed by atoms with E-state index in [4.69, 9.17) is 4.74 Å². The molecule has 0 unspecified atom stereocenters. The molecule has 1 aromatic rings. The number of morpholine rings is 1. The lowest BCUT2D eigenvalue weighted by Crippen LogP contribution is -2.65. The molecule has 2 rings (SSSR count). The summed E-state index contributed by atoms with van der Waals surface area (Å²) in [5, 5.41) is 22.3. The maximum Gasteiger partial charge on any atom is 0.546 e. The molecule has 102 valence electrons. The van der Waals surface area contributed by atoms with Crippen molar-refractivity contribution in [1.82, 2.24) is 4.90 Å². The Balaban J connectivity index is 2.29. The normalized spacial score (nSPS) is 18.9. The number of hydrogen-bond acceptors (Lipinski definition) is 6. The van der Waals surface area contributed by atoms with Crippen LogP contribution in [-0.2, 0) is 11.3 Å². The summed E-state index contributed by atoms with van der Waals surface area (Å²) in [4.78, 5) is 21.8. The van der Waals surface area contributed by atoms with E-state index in [-0.39, 0.29) is 19.7 Å². The standard InChI is InChI=1S/C11H13N3O5/c15-13(16)11(14(17)18)9-19-7-6-12(11)8-10-4-2-1-3-5-10/h1-5H,6-9H2. The van der Waals surface area contributed by atoms with Crippen molar-refractivity contribution in [1.29, 1.82) is 0 Å². The zero-order valence-corrected chi connectivity index (χ0v) is 10.1. The molecule has 0 atom stereocenters. The van der Waals surface area contributed by atoms with Gasteiger partial charge in [0.15, 0.2) is 0 Å². The molecular weight excluding hydrogens is 254 g/mol. The van der Waals surface area contributed by atoms with Crippen LogP contribution in [0.2, 0.25) is 0 Å². The highest BCUT2D eigenvalue weighted by molar-refractivity contribution is 5.14. The van der Waals surface area contributed by atoms with Crippen molar-refractivity contribution in [3.05, 3.63) is 56.1 Å². The summed E-state index contributed by atoms with van der Waals surface area (Å²) in [6, 6.07) is 8.95. The number of ether oxygens (including phenoxy) is 1. The molecule has 1 aromatic carbocycles. The van der Waals surface area contributed by atoms with Crippen molar-refractivity contribution < 1.29 is 14.6 Å². The molecule has 0 aromatic heterocycles. The molecule has 0 N–H and O–H groups in total. The fourth-order valence-corrected chi connectivity index (χ4v) is 2.07. The van der Waals surface area contributed by atoms with Gasteiger partial charge >= 0.3 is 5.79 Å². The van der Waals surface area contributed by atoms with E-state index in [1.165, 1.54) is 4.90 Å². The molecule has 1 fully saturated rings. The van der Waals surface area contributed by atoms with E-state index in [1.54, 1.807) is 24.3 Å². The van der Waals surface area contributed by atoms with Crippen LogP contribution in [-0.4, -0.2) is 40.3 Å². The molecule has 8 nitrogen and oxygen atoms in total. The maximum atomic E-state index is 11.2. The SMILES string of the molecule is O=[N+]([O-])C1([N+](=O)[O-])COCCN1Cc1ccccc1. The highest BCUT2D eigenvalue weighted by Crippen LogP contribution is 2.24. The van der Waals surface area contributed by atoms with Gasteiger partial charge in [-0.15, -0.1) is 0 Å². The van der Waals surface area contributed by atoms with Crippen LogP contribution in [0.5, 0.6) is 0 Å². The molecule has 1 saturated heterocycles. The van der Waals surface area contributed by atoms with Gasteiger partial charge < -0.3 is 4.74 Å². The summed E-state index contributed by atoms with van der Waals surface area (Å²) in [7, 11) is 0. The van der Waals surface area contributed by atoms with Crippen molar-refractivity contribution >= 4 is 0 Å². The Labute approximate surface area is 108 Å². The minimum atomic E-state index is -2.39. The van der Waals surface area contributed by atoms with Crippen LogP contribution in [0.25, 0.3) is 0 Å². The zero-order chi connectivity index (χ0) is 13.9. The summed E-state index contributed by atoms with van der Waals surface area (Å²) in [6.07, 6.45) is 0. The van der Waals surface area contributed by atoms with E-state index in [0.717, 1.165) is 5.56 Å². The second-order valence-electron chi connectivity index (χ2n) is 4.25. The van der Waals surface area contributed by atoms with Crippen molar-refractivity contribution in [3.63, 3.8) is 0 Å². The van der Waals surface area contributed by atoms with E-state index >= 15 is 0 Å². The molecule has 1 aliphatic heterocycles. The Morgan fingerprint density at radius 3 is 2.42 bits per heavy atom. The highest BCUT2D eigenvalue weighted by atomic mass is 16.7. The number of rotatable bonds is 4. The van der Waals surface area contributed by atoms with E-state index in [1.807, 2.05) is 6.07 Å². The summed E-state index contributed by atoms with van der Waals surface area (Å²) in [5.74, 6) is -2.39. The Kier molecular flexibility index (Phi) is 3.72. The molecule has 0 radical (unpaired) electrons. The number of benzene rings is 1. The van der Waals surface area contributed by atoms with Crippen molar-refractivity contribution in [3.8, 4) is 0 Å². The van der Waals surface area contributed by atoms with E-state index in [2.05, 4.69) is 0 Å². The first-order valence-corrected chi connectivity index (χ1v) is 5.73. The molecule has 0 spiro atoms. The first-order valence-electron chi connectivity index (χ1n) is 5.73. The van der Waals surface area contributed by atoms with Gasteiger partial charge in [-0.2, -0.15) is 4.90 Å². The monoisotopic (exact) mass is 267 g/mol. The van der Waals surface area contributed by atoms with Crippen molar-refractivity contribution in [2.24, 2.45) is 0 Å². The minimum Gasteiger partial charge on any atom is -0.364 e. The van der Waals surface area contributed by atoms with Crippen LogP contribution in [0.15, 0.2) is 30.3 Å². The first kappa shape index (κ1) is 13.4. The Hall–Kier alpha value is -2.06. The van der Waals surface area contributed by atoms with Gasteiger partial charge in [0.1, 0.15) is 9.85 Å². The Morgan fingerprint density at radius 1 is 1.21 bits per heavy atom. The molecule has 0 saturated carbocycles. The van der Waals surface area contributed by atoms with E-state index in [0.29, 0.717) is 0 Å². The molecule has 0 aliphatic carbocycles. The third-order valence-corrected chi connectivity index (χ3v) is 3.11. The molecule has 0 amide bonds. The predicted octanol–water partition coefficient (Wildman–Crippen LogP) is 0.726. The zero-order valence-electron chi connectivity index (χ0n) is 10.1. The maximum absolute atomic E-state index is 11.2. The predicted molar refractivity (Wildman–Crippen MR) is 64.4 cm³/mol. The lowest BCUT2D eigenvalue weighted by atomic mass is 10.1. The van der Waals surface area contributed by atoms with Gasteiger partial charge in [0.25, 0.3) is 0 Å². The summed E-state index contributed by atoms with van der Waals surface area (Å²) >= 11 is 0. The average molecular weight is 267 g/mol. The summed E-state index contributed by atoms with van der Waals surface area (Å²) in [6.45, 7) is -0.000882. The number of hydrogen-bond donors (Lipinski definition) is 0. The number of nitrogens with zero attached hydrogens (tertiary/aromatic N) is 3. The third-order valence-electron chi connectivity index (χ3n) is 3.11. The van der Waals surface area contributed by atoms with Crippen molar-refractivity contribution in [2.45, 2.75) is 12.3 Å². The highest BCUT2D eigenvalue weighted by Gasteiger charge is 2.63. The third kappa shape index (κ3) is 2.40. The van der Waals surface area contributed by atoms with E-state index < -0.39 is 22.2 Å². The second-order valence-corrected chi connectivity index (χ2v) is 4.25. The van der Waals surface area contributed by atoms with Crippen LogP contribution in [0, 0.1) is 20.2 Å². The summed E-state index contributed by atoms with van der Waals surface area (Å²) < 4.78 is 4.95. The van der Waals surface area contributed by atoms with Crippen LogP contribution in [0.1, 0.15) is 5.56 Å². The minimum absolute atomic E-state index is 0.145. The molecule has 1 aliphatic rings. The van der Waals surface area contributed by atoms with Gasteiger partial charge in [-0.25, -0.2) is 0 Å². The second kappa shape index (κ2) is 5.29. The van der Waals surface area contributed by atoms with Crippen LogP contribution in [0.4, 0.5) is 0 Å². The molecule has 19 heavy (non-hydrogen) atoms. The van der Waals surface area contributed by atoms with Crippen LogP contribution >= 0.6 is 0 Å².